The van der Waals surface area contributed by atoms with Crippen molar-refractivity contribution in [2.45, 2.75) is 26.8 Å². The number of aromatic hydroxyl groups is 1. The van der Waals surface area contributed by atoms with Gasteiger partial charge < -0.3 is 5.11 Å². The third kappa shape index (κ3) is 1.56. The van der Waals surface area contributed by atoms with Gasteiger partial charge in [-0.05, 0) is 38.5 Å². The van der Waals surface area contributed by atoms with Gasteiger partial charge in [0.1, 0.15) is 5.75 Å². The zero-order chi connectivity index (χ0) is 11.9. The fourth-order valence-electron chi connectivity index (χ4n) is 1.67. The highest BCUT2D eigenvalue weighted by atomic mass is 16.3. The van der Waals surface area contributed by atoms with Crippen molar-refractivity contribution in [3.8, 4) is 5.75 Å². The second-order valence-electron chi connectivity index (χ2n) is 4.21. The van der Waals surface area contributed by atoms with Crippen molar-refractivity contribution >= 4 is 10.8 Å². The summed E-state index contributed by atoms with van der Waals surface area (Å²) in [6, 6.07) is 3.31. The Hall–Kier alpha value is -1.84. The minimum absolute atomic E-state index is 0.0333. The van der Waals surface area contributed by atoms with Gasteiger partial charge in [-0.3, -0.25) is 4.79 Å². The van der Waals surface area contributed by atoms with Gasteiger partial charge in [0.2, 0.25) is 0 Å². The van der Waals surface area contributed by atoms with Crippen molar-refractivity contribution in [2.75, 3.05) is 0 Å². The van der Waals surface area contributed by atoms with Crippen molar-refractivity contribution in [2.24, 2.45) is 0 Å². The molecule has 0 aliphatic rings. The van der Waals surface area contributed by atoms with Gasteiger partial charge in [-0.1, -0.05) is 0 Å². The Kier molecular flexibility index (Phi) is 2.42. The summed E-state index contributed by atoms with van der Waals surface area (Å²) in [5.41, 5.74) is 0.585. The van der Waals surface area contributed by atoms with Gasteiger partial charge in [0.05, 0.1) is 17.6 Å². The molecule has 84 valence electrons. The average Bonchev–Trinajstić information content (AvgIpc) is 2.21. The van der Waals surface area contributed by atoms with Gasteiger partial charge in [0, 0.05) is 5.39 Å². The lowest BCUT2D eigenvalue weighted by atomic mass is 10.1. The summed E-state index contributed by atoms with van der Waals surface area (Å²) in [7, 11) is 0. The third-order valence-electron chi connectivity index (χ3n) is 2.62. The molecule has 0 spiro atoms. The number of aryl methyl sites for hydroxylation is 1. The molecule has 4 nitrogen and oxygen atoms in total. The molecule has 2 aromatic rings. The highest BCUT2D eigenvalue weighted by Gasteiger charge is 2.08. The van der Waals surface area contributed by atoms with Gasteiger partial charge >= 0.3 is 0 Å². The topological polar surface area (TPSA) is 55.1 Å². The summed E-state index contributed by atoms with van der Waals surface area (Å²) in [5, 5.41) is 14.9. The monoisotopic (exact) mass is 218 g/mol. The van der Waals surface area contributed by atoms with E-state index < -0.39 is 0 Å². The van der Waals surface area contributed by atoms with E-state index in [9.17, 15) is 9.90 Å². The normalized spacial score (nSPS) is 11.2. The fraction of sp³-hybridized carbons (Fsp3) is 0.333. The van der Waals surface area contributed by atoms with Crippen LogP contribution in [0.2, 0.25) is 0 Å². The van der Waals surface area contributed by atoms with Crippen molar-refractivity contribution in [1.29, 1.82) is 0 Å². The standard InChI is InChI=1S/C12H14N2O2/c1-7(2)14-12(16)10-4-8(3)11(15)5-9(10)6-13-14/h4-7,15H,1-3H3. The minimum Gasteiger partial charge on any atom is -0.508 e. The maximum Gasteiger partial charge on any atom is 0.274 e. The number of fused-ring (bicyclic) bond motifs is 1. The molecule has 1 aromatic heterocycles. The third-order valence-corrected chi connectivity index (χ3v) is 2.62. The van der Waals surface area contributed by atoms with Crippen LogP contribution in [0.15, 0.2) is 23.1 Å². The molecule has 4 heteroatoms. The van der Waals surface area contributed by atoms with Crippen LogP contribution in [0.5, 0.6) is 5.75 Å². The molecule has 0 saturated carbocycles. The van der Waals surface area contributed by atoms with E-state index in [1.54, 1.807) is 25.3 Å². The van der Waals surface area contributed by atoms with Crippen LogP contribution in [0.4, 0.5) is 0 Å². The average molecular weight is 218 g/mol. The second kappa shape index (κ2) is 3.63. The van der Waals surface area contributed by atoms with Crippen molar-refractivity contribution in [3.63, 3.8) is 0 Å². The summed E-state index contributed by atoms with van der Waals surface area (Å²) in [4.78, 5) is 12.1. The van der Waals surface area contributed by atoms with Crippen LogP contribution in [0, 0.1) is 6.92 Å². The number of benzene rings is 1. The highest BCUT2D eigenvalue weighted by molar-refractivity contribution is 5.83. The first-order chi connectivity index (χ1) is 7.50. The Balaban J connectivity index is 2.85. The predicted molar refractivity (Wildman–Crippen MR) is 62.8 cm³/mol. The fourth-order valence-corrected chi connectivity index (χ4v) is 1.67. The number of rotatable bonds is 1. The number of phenols is 1. The van der Waals surface area contributed by atoms with Gasteiger partial charge in [0.15, 0.2) is 0 Å². The molecule has 1 N–H and O–H groups in total. The predicted octanol–water partition coefficient (Wildman–Crippen LogP) is 1.99. The van der Waals surface area contributed by atoms with E-state index in [-0.39, 0.29) is 17.4 Å². The maximum atomic E-state index is 12.1. The molecule has 1 aromatic carbocycles. The van der Waals surface area contributed by atoms with Crippen LogP contribution >= 0.6 is 0 Å². The summed E-state index contributed by atoms with van der Waals surface area (Å²) >= 11 is 0. The zero-order valence-corrected chi connectivity index (χ0v) is 9.56. The van der Waals surface area contributed by atoms with E-state index in [0.717, 1.165) is 0 Å². The number of nitrogens with zero attached hydrogens (tertiary/aromatic N) is 2. The molecular weight excluding hydrogens is 204 g/mol. The summed E-state index contributed by atoms with van der Waals surface area (Å²) in [6.45, 7) is 5.59. The zero-order valence-electron chi connectivity index (χ0n) is 9.56. The lowest BCUT2D eigenvalue weighted by molar-refractivity contribution is 0.471. The first-order valence-electron chi connectivity index (χ1n) is 5.22. The first-order valence-corrected chi connectivity index (χ1v) is 5.22. The Morgan fingerprint density at radius 2 is 2.06 bits per heavy atom. The molecular formula is C12H14N2O2. The quantitative estimate of drug-likeness (QED) is 0.796. The van der Waals surface area contributed by atoms with Gasteiger partial charge in [-0.15, -0.1) is 0 Å². The number of phenolic OH excluding ortho intramolecular Hbond substituents is 1. The van der Waals surface area contributed by atoms with E-state index in [1.165, 1.54) is 4.68 Å². The van der Waals surface area contributed by atoms with Crippen LogP contribution in [0.25, 0.3) is 10.8 Å². The molecule has 2 rings (SSSR count). The Morgan fingerprint density at radius 1 is 1.38 bits per heavy atom. The smallest absolute Gasteiger partial charge is 0.274 e. The van der Waals surface area contributed by atoms with Gasteiger partial charge in [-0.25, -0.2) is 4.68 Å². The maximum absolute atomic E-state index is 12.1. The lowest BCUT2D eigenvalue weighted by Gasteiger charge is -2.09. The van der Waals surface area contributed by atoms with Crippen LogP contribution in [0.3, 0.4) is 0 Å². The van der Waals surface area contributed by atoms with Crippen LogP contribution < -0.4 is 5.56 Å². The Bertz CT molecular complexity index is 600. The summed E-state index contributed by atoms with van der Waals surface area (Å²) in [6.07, 6.45) is 1.61. The van der Waals surface area contributed by atoms with Crippen molar-refractivity contribution < 1.29 is 5.11 Å². The van der Waals surface area contributed by atoms with Gasteiger partial charge in [0.25, 0.3) is 5.56 Å². The molecule has 0 aliphatic carbocycles. The number of hydrogen-bond acceptors (Lipinski definition) is 3. The van der Waals surface area contributed by atoms with Crippen LogP contribution in [0.1, 0.15) is 25.5 Å². The largest absolute Gasteiger partial charge is 0.508 e. The summed E-state index contributed by atoms with van der Waals surface area (Å²) < 4.78 is 1.44. The Labute approximate surface area is 93.1 Å². The number of hydrogen-bond donors (Lipinski definition) is 1. The summed E-state index contributed by atoms with van der Waals surface area (Å²) in [5.74, 6) is 0.191. The van der Waals surface area contributed by atoms with Gasteiger partial charge in [-0.2, -0.15) is 5.10 Å². The number of aromatic nitrogens is 2. The molecule has 0 radical (unpaired) electrons. The van der Waals surface area contributed by atoms with E-state index in [4.69, 9.17) is 0 Å². The molecule has 0 atom stereocenters. The molecule has 0 fully saturated rings. The Morgan fingerprint density at radius 3 is 2.69 bits per heavy atom. The SMILES string of the molecule is Cc1cc2c(=O)n(C(C)C)ncc2cc1O. The highest BCUT2D eigenvalue weighted by Crippen LogP contribution is 2.21. The second-order valence-corrected chi connectivity index (χ2v) is 4.21. The minimum atomic E-state index is -0.115. The first kappa shape index (κ1) is 10.7. The van der Waals surface area contributed by atoms with E-state index in [1.807, 2.05) is 13.8 Å². The van der Waals surface area contributed by atoms with Crippen molar-refractivity contribution in [3.05, 3.63) is 34.2 Å². The molecule has 0 amide bonds. The van der Waals surface area contributed by atoms with Crippen LogP contribution in [-0.2, 0) is 0 Å². The van der Waals surface area contributed by atoms with E-state index >= 15 is 0 Å². The molecule has 0 aliphatic heterocycles. The van der Waals surface area contributed by atoms with Crippen LogP contribution in [-0.4, -0.2) is 14.9 Å². The molecule has 1 heterocycles. The van der Waals surface area contributed by atoms with E-state index in [0.29, 0.717) is 16.3 Å². The molecule has 0 unspecified atom stereocenters. The van der Waals surface area contributed by atoms with E-state index in [2.05, 4.69) is 5.10 Å². The molecule has 16 heavy (non-hydrogen) atoms. The molecule has 0 saturated heterocycles. The molecule has 0 bridgehead atoms. The van der Waals surface area contributed by atoms with Crippen molar-refractivity contribution in [1.82, 2.24) is 9.78 Å². The lowest BCUT2D eigenvalue weighted by Crippen LogP contribution is -2.24.